The molecule has 1 aliphatic rings. The molecule has 3 rings (SSSR count). The van der Waals surface area contributed by atoms with E-state index in [9.17, 15) is 22.8 Å². The molecular formula is C20H22BrF3N4O2. The fourth-order valence-electron chi connectivity index (χ4n) is 3.45. The molecule has 0 spiro atoms. The summed E-state index contributed by atoms with van der Waals surface area (Å²) in [5.74, 6) is -0.148. The van der Waals surface area contributed by atoms with Gasteiger partial charge >= 0.3 is 6.18 Å². The third-order valence-electron chi connectivity index (χ3n) is 5.02. The molecule has 2 aromatic rings. The van der Waals surface area contributed by atoms with Gasteiger partial charge in [0, 0.05) is 34.7 Å². The average molecular weight is 487 g/mol. The summed E-state index contributed by atoms with van der Waals surface area (Å²) in [4.78, 5) is 31.8. The van der Waals surface area contributed by atoms with Gasteiger partial charge in [-0.1, -0.05) is 15.9 Å². The van der Waals surface area contributed by atoms with Gasteiger partial charge in [-0.3, -0.25) is 14.2 Å². The summed E-state index contributed by atoms with van der Waals surface area (Å²) in [6.45, 7) is 5.64. The number of alkyl halides is 3. The molecule has 0 aliphatic carbocycles. The third kappa shape index (κ3) is 4.23. The average Bonchev–Trinajstić information content (AvgIpc) is 2.65. The fraction of sp³-hybridized carbons (Fsp3) is 0.450. The first-order valence-electron chi connectivity index (χ1n) is 9.43. The van der Waals surface area contributed by atoms with Crippen LogP contribution in [0.25, 0.3) is 0 Å². The van der Waals surface area contributed by atoms with Crippen LogP contribution in [0.15, 0.2) is 27.5 Å². The van der Waals surface area contributed by atoms with Gasteiger partial charge in [0.2, 0.25) is 5.95 Å². The second-order valence-corrected chi connectivity index (χ2v) is 8.56. The molecule has 1 aliphatic heterocycles. The molecule has 0 fully saturated rings. The number of nitrogens with one attached hydrogen (secondary N) is 1. The number of benzene rings is 1. The number of halogens is 4. The van der Waals surface area contributed by atoms with Crippen molar-refractivity contribution in [1.29, 1.82) is 0 Å². The lowest BCUT2D eigenvalue weighted by molar-refractivity contribution is -0.138. The van der Waals surface area contributed by atoms with Gasteiger partial charge in [-0.25, -0.2) is 4.98 Å². The lowest BCUT2D eigenvalue weighted by Crippen LogP contribution is -2.46. The van der Waals surface area contributed by atoms with Crippen molar-refractivity contribution in [1.82, 2.24) is 14.5 Å². The van der Waals surface area contributed by atoms with E-state index in [1.165, 1.54) is 21.6 Å². The van der Waals surface area contributed by atoms with E-state index < -0.39 is 17.6 Å². The van der Waals surface area contributed by atoms with Crippen molar-refractivity contribution >= 4 is 27.8 Å². The lowest BCUT2D eigenvalue weighted by Gasteiger charge is -2.34. The molecule has 0 unspecified atom stereocenters. The Balaban J connectivity index is 1.98. The van der Waals surface area contributed by atoms with Gasteiger partial charge in [0.05, 0.1) is 17.8 Å². The zero-order valence-electron chi connectivity index (χ0n) is 17.0. The van der Waals surface area contributed by atoms with Crippen LogP contribution in [-0.4, -0.2) is 32.4 Å². The minimum Gasteiger partial charge on any atom is -0.353 e. The van der Waals surface area contributed by atoms with Crippen molar-refractivity contribution in [3.63, 3.8) is 0 Å². The van der Waals surface area contributed by atoms with Gasteiger partial charge in [0.25, 0.3) is 11.5 Å². The number of fused-ring (bicyclic) bond motifs is 1. The third-order valence-corrected chi connectivity index (χ3v) is 5.71. The summed E-state index contributed by atoms with van der Waals surface area (Å²) >= 11 is 2.89. The summed E-state index contributed by atoms with van der Waals surface area (Å²) in [6.07, 6.45) is -4.30. The van der Waals surface area contributed by atoms with E-state index >= 15 is 0 Å². The first kappa shape index (κ1) is 22.3. The number of nitrogens with zero attached hydrogens (tertiary/aromatic N) is 3. The highest BCUT2D eigenvalue weighted by atomic mass is 79.9. The Morgan fingerprint density at radius 2 is 2.00 bits per heavy atom. The number of anilines is 1. The molecular weight excluding hydrogens is 465 g/mol. The normalized spacial score (nSPS) is 16.6. The smallest absolute Gasteiger partial charge is 0.353 e. The van der Waals surface area contributed by atoms with Crippen LogP contribution in [0.5, 0.6) is 0 Å². The molecule has 0 saturated heterocycles. The zero-order chi connectivity index (χ0) is 22.4. The monoisotopic (exact) mass is 486 g/mol. The van der Waals surface area contributed by atoms with Gasteiger partial charge in [0.15, 0.2) is 0 Å². The number of aromatic nitrogens is 2. The van der Waals surface area contributed by atoms with E-state index in [1.54, 1.807) is 14.0 Å². The highest BCUT2D eigenvalue weighted by molar-refractivity contribution is 9.10. The van der Waals surface area contributed by atoms with Crippen molar-refractivity contribution in [3.05, 3.63) is 55.4 Å². The van der Waals surface area contributed by atoms with E-state index in [1.807, 2.05) is 13.8 Å². The summed E-state index contributed by atoms with van der Waals surface area (Å²) in [5.41, 5.74) is -0.180. The molecule has 0 radical (unpaired) electrons. The first-order valence-corrected chi connectivity index (χ1v) is 10.2. The van der Waals surface area contributed by atoms with Gasteiger partial charge < -0.3 is 10.2 Å². The number of rotatable bonds is 3. The summed E-state index contributed by atoms with van der Waals surface area (Å²) in [6, 6.07) is 3.11. The minimum absolute atomic E-state index is 0.0463. The second kappa shape index (κ2) is 8.05. The van der Waals surface area contributed by atoms with Crippen LogP contribution in [0, 0.1) is 0 Å². The maximum Gasteiger partial charge on any atom is 0.417 e. The number of hydrogen-bond acceptors (Lipinski definition) is 4. The Morgan fingerprint density at radius 1 is 1.33 bits per heavy atom. The Hall–Kier alpha value is -2.36. The van der Waals surface area contributed by atoms with E-state index in [4.69, 9.17) is 0 Å². The molecule has 1 aromatic heterocycles. The Morgan fingerprint density at radius 3 is 2.60 bits per heavy atom. The molecule has 1 N–H and O–H groups in total. The van der Waals surface area contributed by atoms with Crippen LogP contribution in [0.2, 0.25) is 0 Å². The molecule has 2 heterocycles. The molecule has 0 bridgehead atoms. The molecule has 1 aromatic carbocycles. The van der Waals surface area contributed by atoms with Gasteiger partial charge in [-0.15, -0.1) is 0 Å². The lowest BCUT2D eigenvalue weighted by atomic mass is 9.98. The van der Waals surface area contributed by atoms with Crippen LogP contribution in [0.3, 0.4) is 0 Å². The highest BCUT2D eigenvalue weighted by Crippen LogP contribution is 2.36. The van der Waals surface area contributed by atoms with Crippen LogP contribution in [0.1, 0.15) is 48.0 Å². The molecule has 6 nitrogen and oxygen atoms in total. The van der Waals surface area contributed by atoms with Crippen LogP contribution >= 0.6 is 15.9 Å². The van der Waals surface area contributed by atoms with Gasteiger partial charge in [0.1, 0.15) is 0 Å². The summed E-state index contributed by atoms with van der Waals surface area (Å²) in [5, 5.41) is 3.10. The Bertz CT molecular complexity index is 1050. The van der Waals surface area contributed by atoms with E-state index in [2.05, 4.69) is 26.2 Å². The molecule has 0 saturated carbocycles. The standard InChI is InChI=1S/C20H22BrF3N4O2/c1-10(2)25-19-26-16-9-28(11(3)7-13(16)18(30)27(19)4)17(29)12-5-6-15(21)14(8-12)20(22,23)24/h5-6,8,10-11H,7,9H2,1-4H3,(H,25,26)/t11-/m1/s1. The van der Waals surface area contributed by atoms with Crippen LogP contribution in [0.4, 0.5) is 19.1 Å². The number of carbonyl (C=O) groups excluding carboxylic acids is 1. The maximum absolute atomic E-state index is 13.2. The second-order valence-electron chi connectivity index (χ2n) is 7.70. The molecule has 10 heteroatoms. The topological polar surface area (TPSA) is 67.2 Å². The molecule has 1 atom stereocenters. The van der Waals surface area contributed by atoms with E-state index in [0.29, 0.717) is 17.2 Å². The first-order chi connectivity index (χ1) is 13.9. The molecule has 30 heavy (non-hydrogen) atoms. The SMILES string of the molecule is CC(C)Nc1nc2c(c(=O)n1C)C[C@@H](C)N(C(=O)c1ccc(Br)c(C(F)(F)F)c1)C2. The van der Waals surface area contributed by atoms with Crippen molar-refractivity contribution in [2.75, 3.05) is 5.32 Å². The van der Waals surface area contributed by atoms with Gasteiger partial charge in [-0.2, -0.15) is 13.2 Å². The summed E-state index contributed by atoms with van der Waals surface area (Å²) < 4.78 is 41.0. The predicted molar refractivity (Wildman–Crippen MR) is 110 cm³/mol. The highest BCUT2D eigenvalue weighted by Gasteiger charge is 2.35. The largest absolute Gasteiger partial charge is 0.417 e. The van der Waals surface area contributed by atoms with Crippen LogP contribution < -0.4 is 10.9 Å². The maximum atomic E-state index is 13.2. The van der Waals surface area contributed by atoms with Crippen molar-refractivity contribution in [2.45, 2.75) is 52.0 Å². The Labute approximate surface area is 180 Å². The Kier molecular flexibility index (Phi) is 5.99. The quantitative estimate of drug-likeness (QED) is 0.712. The van der Waals surface area contributed by atoms with Crippen molar-refractivity contribution < 1.29 is 18.0 Å². The van der Waals surface area contributed by atoms with Crippen LogP contribution in [-0.2, 0) is 26.2 Å². The van der Waals surface area contributed by atoms with E-state index in [0.717, 1.165) is 6.07 Å². The number of hydrogen-bond donors (Lipinski definition) is 1. The van der Waals surface area contributed by atoms with Gasteiger partial charge in [-0.05, 0) is 45.4 Å². The molecule has 1 amide bonds. The zero-order valence-corrected chi connectivity index (χ0v) is 18.6. The fourth-order valence-corrected chi connectivity index (χ4v) is 3.92. The number of amides is 1. The molecule has 162 valence electrons. The summed E-state index contributed by atoms with van der Waals surface area (Å²) in [7, 11) is 1.63. The van der Waals surface area contributed by atoms with Crippen molar-refractivity contribution in [2.24, 2.45) is 7.05 Å². The van der Waals surface area contributed by atoms with Crippen molar-refractivity contribution in [3.8, 4) is 0 Å². The van der Waals surface area contributed by atoms with E-state index in [-0.39, 0.29) is 40.6 Å². The number of carbonyl (C=O) groups is 1. The predicted octanol–water partition coefficient (Wildman–Crippen LogP) is 3.97. The minimum atomic E-state index is -4.58.